The van der Waals surface area contributed by atoms with Crippen LogP contribution < -0.4 is 4.74 Å². The van der Waals surface area contributed by atoms with E-state index in [1.807, 2.05) is 6.92 Å². The third-order valence-electron chi connectivity index (χ3n) is 2.06. The van der Waals surface area contributed by atoms with E-state index in [2.05, 4.69) is 6.58 Å². The first-order valence-corrected chi connectivity index (χ1v) is 5.15. The fourth-order valence-corrected chi connectivity index (χ4v) is 1.17. The average molecular weight is 242 g/mol. The molecule has 0 saturated carbocycles. The van der Waals surface area contributed by atoms with Crippen LogP contribution in [0.1, 0.15) is 13.3 Å². The summed E-state index contributed by atoms with van der Waals surface area (Å²) in [5.74, 6) is 0.311. The second-order valence-electron chi connectivity index (χ2n) is 3.26. The monoisotopic (exact) mass is 241 g/mol. The zero-order valence-corrected chi connectivity index (χ0v) is 9.66. The van der Waals surface area contributed by atoms with Crippen molar-refractivity contribution in [3.8, 4) is 5.75 Å². The van der Waals surface area contributed by atoms with Crippen molar-refractivity contribution in [2.75, 3.05) is 6.61 Å². The number of ether oxygens (including phenoxy) is 1. The standard InChI is InChI=1S/C11H12ClNO3/c1-3-8(2)7-16-11-6-9(13(14)15)4-5-10(11)12/h4-6H,2-3,7H2,1H3. The molecule has 0 atom stereocenters. The first-order chi connectivity index (χ1) is 7.54. The van der Waals surface area contributed by atoms with Crippen molar-refractivity contribution in [3.63, 3.8) is 0 Å². The number of hydrogen-bond acceptors (Lipinski definition) is 3. The van der Waals surface area contributed by atoms with Crippen LogP contribution in [0.25, 0.3) is 0 Å². The quantitative estimate of drug-likeness (QED) is 0.450. The molecule has 0 radical (unpaired) electrons. The highest BCUT2D eigenvalue weighted by atomic mass is 35.5. The number of hydrogen-bond donors (Lipinski definition) is 0. The van der Waals surface area contributed by atoms with E-state index in [0.29, 0.717) is 17.4 Å². The maximum absolute atomic E-state index is 10.5. The molecule has 0 amide bonds. The molecule has 0 saturated heterocycles. The highest BCUT2D eigenvalue weighted by Gasteiger charge is 2.10. The van der Waals surface area contributed by atoms with Crippen LogP contribution in [0.3, 0.4) is 0 Å². The van der Waals surface area contributed by atoms with Gasteiger partial charge in [-0.1, -0.05) is 25.1 Å². The van der Waals surface area contributed by atoms with Gasteiger partial charge < -0.3 is 4.74 Å². The van der Waals surface area contributed by atoms with Gasteiger partial charge in [-0.05, 0) is 18.1 Å². The summed E-state index contributed by atoms with van der Waals surface area (Å²) in [6.07, 6.45) is 0.798. The largest absolute Gasteiger partial charge is 0.487 e. The molecule has 0 bridgehead atoms. The van der Waals surface area contributed by atoms with Gasteiger partial charge in [-0.25, -0.2) is 0 Å². The maximum atomic E-state index is 10.5. The number of rotatable bonds is 5. The Morgan fingerprint density at radius 2 is 2.31 bits per heavy atom. The molecule has 0 heterocycles. The van der Waals surface area contributed by atoms with Gasteiger partial charge in [-0.15, -0.1) is 0 Å². The Bertz CT molecular complexity index is 418. The Kier molecular flexibility index (Phi) is 4.31. The molecule has 0 fully saturated rings. The summed E-state index contributed by atoms with van der Waals surface area (Å²) in [4.78, 5) is 10.1. The number of nitro groups is 1. The molecular weight excluding hydrogens is 230 g/mol. The van der Waals surface area contributed by atoms with Gasteiger partial charge in [-0.2, -0.15) is 0 Å². The van der Waals surface area contributed by atoms with E-state index in [-0.39, 0.29) is 5.69 Å². The van der Waals surface area contributed by atoms with Crippen molar-refractivity contribution in [3.05, 3.63) is 45.5 Å². The third-order valence-corrected chi connectivity index (χ3v) is 2.37. The van der Waals surface area contributed by atoms with Crippen LogP contribution in [0.4, 0.5) is 5.69 Å². The number of non-ortho nitro benzene ring substituents is 1. The Balaban J connectivity index is 2.82. The molecule has 0 aliphatic carbocycles. The van der Waals surface area contributed by atoms with E-state index >= 15 is 0 Å². The molecule has 1 rings (SSSR count). The van der Waals surface area contributed by atoms with E-state index in [9.17, 15) is 10.1 Å². The average Bonchev–Trinajstić information content (AvgIpc) is 2.27. The second-order valence-corrected chi connectivity index (χ2v) is 3.67. The Morgan fingerprint density at radius 3 is 2.88 bits per heavy atom. The van der Waals surface area contributed by atoms with Crippen LogP contribution in [0.15, 0.2) is 30.4 Å². The first kappa shape index (κ1) is 12.5. The summed E-state index contributed by atoms with van der Waals surface area (Å²) in [7, 11) is 0. The molecule has 0 spiro atoms. The molecule has 5 heteroatoms. The molecule has 1 aromatic rings. The zero-order valence-electron chi connectivity index (χ0n) is 8.90. The molecule has 86 valence electrons. The molecule has 0 aliphatic heterocycles. The van der Waals surface area contributed by atoms with Crippen molar-refractivity contribution in [2.45, 2.75) is 13.3 Å². The lowest BCUT2D eigenvalue weighted by molar-refractivity contribution is -0.384. The molecule has 4 nitrogen and oxygen atoms in total. The van der Waals surface area contributed by atoms with Gasteiger partial charge >= 0.3 is 0 Å². The number of nitro benzene ring substituents is 1. The molecule has 16 heavy (non-hydrogen) atoms. The predicted molar refractivity (Wildman–Crippen MR) is 63.0 cm³/mol. The Labute approximate surface area is 98.6 Å². The number of benzene rings is 1. The summed E-state index contributed by atoms with van der Waals surface area (Å²) in [6.45, 7) is 6.05. The number of nitrogens with zero attached hydrogens (tertiary/aromatic N) is 1. The molecule has 0 N–H and O–H groups in total. The summed E-state index contributed by atoms with van der Waals surface area (Å²) in [5.41, 5.74) is 0.865. The molecule has 0 unspecified atom stereocenters. The van der Waals surface area contributed by atoms with Crippen LogP contribution in [0.2, 0.25) is 5.02 Å². The van der Waals surface area contributed by atoms with E-state index in [1.54, 1.807) is 0 Å². The van der Waals surface area contributed by atoms with Crippen LogP contribution in [0.5, 0.6) is 5.75 Å². The van der Waals surface area contributed by atoms with E-state index < -0.39 is 4.92 Å². The van der Waals surface area contributed by atoms with Crippen LogP contribution in [-0.2, 0) is 0 Å². The van der Waals surface area contributed by atoms with E-state index in [4.69, 9.17) is 16.3 Å². The normalized spacial score (nSPS) is 9.88. The molecule has 1 aromatic carbocycles. The fraction of sp³-hybridized carbons (Fsp3) is 0.273. The minimum absolute atomic E-state index is 0.0403. The van der Waals surface area contributed by atoms with Crippen molar-refractivity contribution in [2.24, 2.45) is 0 Å². The minimum atomic E-state index is -0.488. The van der Waals surface area contributed by atoms with Crippen LogP contribution in [-0.4, -0.2) is 11.5 Å². The van der Waals surface area contributed by atoms with Gasteiger partial charge in [0.1, 0.15) is 12.4 Å². The SMILES string of the molecule is C=C(CC)COc1cc([N+](=O)[O-])ccc1Cl. The summed E-state index contributed by atoms with van der Waals surface area (Å²) in [6, 6.07) is 4.10. The van der Waals surface area contributed by atoms with Gasteiger partial charge in [0.15, 0.2) is 0 Å². The highest BCUT2D eigenvalue weighted by molar-refractivity contribution is 6.32. The van der Waals surface area contributed by atoms with Gasteiger partial charge in [0.25, 0.3) is 5.69 Å². The van der Waals surface area contributed by atoms with Gasteiger partial charge in [0.2, 0.25) is 0 Å². The summed E-state index contributed by atoms with van der Waals surface area (Å²) < 4.78 is 5.34. The van der Waals surface area contributed by atoms with Crippen molar-refractivity contribution >= 4 is 17.3 Å². The topological polar surface area (TPSA) is 52.4 Å². The maximum Gasteiger partial charge on any atom is 0.273 e. The summed E-state index contributed by atoms with van der Waals surface area (Å²) >= 11 is 5.85. The van der Waals surface area contributed by atoms with Gasteiger partial charge in [0, 0.05) is 6.07 Å². The lowest BCUT2D eigenvalue weighted by atomic mass is 10.2. The van der Waals surface area contributed by atoms with Crippen LogP contribution >= 0.6 is 11.6 Å². The minimum Gasteiger partial charge on any atom is -0.487 e. The van der Waals surface area contributed by atoms with Gasteiger partial charge in [-0.3, -0.25) is 10.1 Å². The third kappa shape index (κ3) is 3.24. The van der Waals surface area contributed by atoms with Crippen LogP contribution in [0, 0.1) is 10.1 Å². The fourth-order valence-electron chi connectivity index (χ4n) is 0.998. The lowest BCUT2D eigenvalue weighted by Gasteiger charge is -2.08. The first-order valence-electron chi connectivity index (χ1n) is 4.78. The zero-order chi connectivity index (χ0) is 12.1. The molecule has 0 aliphatic rings. The lowest BCUT2D eigenvalue weighted by Crippen LogP contribution is -2.00. The van der Waals surface area contributed by atoms with E-state index in [0.717, 1.165) is 12.0 Å². The Hall–Kier alpha value is -1.55. The summed E-state index contributed by atoms with van der Waals surface area (Å²) in [5, 5.41) is 10.9. The van der Waals surface area contributed by atoms with Crippen molar-refractivity contribution in [1.82, 2.24) is 0 Å². The Morgan fingerprint density at radius 1 is 1.62 bits per heavy atom. The molecule has 0 aromatic heterocycles. The van der Waals surface area contributed by atoms with Crippen molar-refractivity contribution in [1.29, 1.82) is 0 Å². The van der Waals surface area contributed by atoms with Gasteiger partial charge in [0.05, 0.1) is 16.0 Å². The predicted octanol–water partition coefficient (Wildman–Crippen LogP) is 3.59. The highest BCUT2D eigenvalue weighted by Crippen LogP contribution is 2.29. The molecular formula is C11H12ClNO3. The van der Waals surface area contributed by atoms with Crippen molar-refractivity contribution < 1.29 is 9.66 Å². The van der Waals surface area contributed by atoms with E-state index in [1.165, 1.54) is 18.2 Å². The second kappa shape index (κ2) is 5.51. The number of halogens is 1. The smallest absolute Gasteiger partial charge is 0.273 e.